The van der Waals surface area contributed by atoms with Gasteiger partial charge in [0.2, 0.25) is 0 Å². The van der Waals surface area contributed by atoms with Crippen LogP contribution in [0.5, 0.6) is 5.75 Å². The number of aryl methyl sites for hydroxylation is 2. The fourth-order valence-corrected chi connectivity index (χ4v) is 2.05. The van der Waals surface area contributed by atoms with Crippen LogP contribution in [-0.4, -0.2) is 12.0 Å². The molecule has 0 saturated carbocycles. The number of alkyl halides is 2. The molecule has 0 radical (unpaired) electrons. The summed E-state index contributed by atoms with van der Waals surface area (Å²) in [5, 5.41) is 2.53. The van der Waals surface area contributed by atoms with E-state index in [1.54, 1.807) is 13.8 Å². The molecule has 0 saturated heterocycles. The number of amides is 1. The molecular weight excluding hydrogens is 312 g/mol. The minimum Gasteiger partial charge on any atom is -0.425 e. The molecule has 0 unspecified atom stereocenters. The summed E-state index contributed by atoms with van der Waals surface area (Å²) >= 11 is 5.69. The second-order valence-corrected chi connectivity index (χ2v) is 5.34. The van der Waals surface area contributed by atoms with Gasteiger partial charge in [-0.15, -0.1) is 0 Å². The molecule has 0 heterocycles. The van der Waals surface area contributed by atoms with Gasteiger partial charge in [0, 0.05) is 10.7 Å². The predicted molar refractivity (Wildman–Crippen MR) is 81.6 cm³/mol. The minimum absolute atomic E-state index is 0.0613. The second-order valence-electron chi connectivity index (χ2n) is 4.90. The molecule has 0 aliphatic carbocycles. The van der Waals surface area contributed by atoms with Gasteiger partial charge in [0.1, 0.15) is 5.75 Å². The summed E-state index contributed by atoms with van der Waals surface area (Å²) in [7, 11) is 0. The standard InChI is InChI=1S/C16H14ClF2NO2/c1-10-7-11(2)9-14(8-10)22-16(18,19)15(21)20-13-5-3-12(17)4-6-13/h3-9H,1-2H3,(H,20,21). The first kappa shape index (κ1) is 16.2. The van der Waals surface area contributed by atoms with E-state index in [0.717, 1.165) is 11.1 Å². The van der Waals surface area contributed by atoms with E-state index in [1.807, 2.05) is 6.07 Å². The second kappa shape index (κ2) is 6.32. The van der Waals surface area contributed by atoms with Crippen LogP contribution >= 0.6 is 11.6 Å². The fourth-order valence-electron chi connectivity index (χ4n) is 1.92. The van der Waals surface area contributed by atoms with Crippen molar-refractivity contribution in [3.8, 4) is 5.75 Å². The summed E-state index contributed by atoms with van der Waals surface area (Å²) in [5.74, 6) is -1.61. The maximum absolute atomic E-state index is 13.9. The Morgan fingerprint density at radius 2 is 1.64 bits per heavy atom. The Bertz CT molecular complexity index is 667. The van der Waals surface area contributed by atoms with E-state index in [0.29, 0.717) is 5.02 Å². The predicted octanol–water partition coefficient (Wildman–Crippen LogP) is 4.57. The maximum atomic E-state index is 13.9. The van der Waals surface area contributed by atoms with Crippen LogP contribution in [0.3, 0.4) is 0 Å². The molecule has 3 nitrogen and oxygen atoms in total. The van der Waals surface area contributed by atoms with Gasteiger partial charge in [0.05, 0.1) is 0 Å². The Morgan fingerprint density at radius 1 is 1.09 bits per heavy atom. The first-order valence-electron chi connectivity index (χ1n) is 6.48. The normalized spacial score (nSPS) is 11.1. The smallest absolute Gasteiger partial charge is 0.425 e. The summed E-state index contributed by atoms with van der Waals surface area (Å²) < 4.78 is 32.3. The van der Waals surface area contributed by atoms with Crippen molar-refractivity contribution in [3.05, 3.63) is 58.6 Å². The highest BCUT2D eigenvalue weighted by atomic mass is 35.5. The van der Waals surface area contributed by atoms with Gasteiger partial charge < -0.3 is 10.1 Å². The highest BCUT2D eigenvalue weighted by Crippen LogP contribution is 2.25. The topological polar surface area (TPSA) is 38.3 Å². The number of ether oxygens (including phenoxy) is 1. The molecule has 116 valence electrons. The van der Waals surface area contributed by atoms with Crippen LogP contribution < -0.4 is 10.1 Å². The van der Waals surface area contributed by atoms with Crippen molar-refractivity contribution in [2.24, 2.45) is 0 Å². The lowest BCUT2D eigenvalue weighted by Crippen LogP contribution is -2.40. The molecule has 2 rings (SSSR count). The van der Waals surface area contributed by atoms with Gasteiger partial charge in [-0.3, -0.25) is 4.79 Å². The summed E-state index contributed by atoms with van der Waals surface area (Å²) in [6.45, 7) is 3.51. The average Bonchev–Trinajstić information content (AvgIpc) is 2.39. The SMILES string of the molecule is Cc1cc(C)cc(OC(F)(F)C(=O)Nc2ccc(Cl)cc2)c1. The number of nitrogens with one attached hydrogen (secondary N) is 1. The van der Waals surface area contributed by atoms with E-state index < -0.39 is 12.0 Å². The highest BCUT2D eigenvalue weighted by Gasteiger charge is 2.42. The van der Waals surface area contributed by atoms with Gasteiger partial charge in [-0.25, -0.2) is 0 Å². The summed E-state index contributed by atoms with van der Waals surface area (Å²) in [4.78, 5) is 11.7. The number of carbonyl (C=O) groups excluding carboxylic acids is 1. The molecule has 2 aromatic rings. The Morgan fingerprint density at radius 3 is 2.18 bits per heavy atom. The van der Waals surface area contributed by atoms with Crippen LogP contribution in [0.1, 0.15) is 11.1 Å². The fraction of sp³-hybridized carbons (Fsp3) is 0.188. The Kier molecular flexibility index (Phi) is 4.66. The quantitative estimate of drug-likeness (QED) is 0.894. The van der Waals surface area contributed by atoms with Crippen molar-refractivity contribution < 1.29 is 18.3 Å². The average molecular weight is 326 g/mol. The molecule has 0 atom stereocenters. The number of anilines is 1. The molecule has 2 aromatic carbocycles. The van der Waals surface area contributed by atoms with Gasteiger partial charge >= 0.3 is 12.0 Å². The first-order valence-corrected chi connectivity index (χ1v) is 6.86. The molecule has 22 heavy (non-hydrogen) atoms. The third-order valence-electron chi connectivity index (χ3n) is 2.81. The molecule has 0 aromatic heterocycles. The third kappa shape index (κ3) is 4.18. The third-order valence-corrected chi connectivity index (χ3v) is 3.06. The Balaban J connectivity index is 2.11. The minimum atomic E-state index is -3.99. The first-order chi connectivity index (χ1) is 10.3. The maximum Gasteiger partial charge on any atom is 0.482 e. The molecule has 6 heteroatoms. The van der Waals surface area contributed by atoms with E-state index in [-0.39, 0.29) is 11.4 Å². The molecule has 0 aliphatic rings. The lowest BCUT2D eigenvalue weighted by molar-refractivity contribution is -0.187. The Labute approximate surface area is 131 Å². The van der Waals surface area contributed by atoms with Gasteiger partial charge in [0.15, 0.2) is 0 Å². The number of hydrogen-bond acceptors (Lipinski definition) is 2. The van der Waals surface area contributed by atoms with Crippen LogP contribution in [0.15, 0.2) is 42.5 Å². The van der Waals surface area contributed by atoms with Crippen molar-refractivity contribution >= 4 is 23.2 Å². The van der Waals surface area contributed by atoms with Crippen LogP contribution in [0.4, 0.5) is 14.5 Å². The van der Waals surface area contributed by atoms with Crippen molar-refractivity contribution in [2.45, 2.75) is 20.0 Å². The van der Waals surface area contributed by atoms with Crippen LogP contribution in [0.2, 0.25) is 5.02 Å². The summed E-state index contributed by atoms with van der Waals surface area (Å²) in [6.07, 6.45) is -3.99. The van der Waals surface area contributed by atoms with Crippen molar-refractivity contribution in [1.29, 1.82) is 0 Å². The molecular formula is C16H14ClF2NO2. The zero-order chi connectivity index (χ0) is 16.3. The highest BCUT2D eigenvalue weighted by molar-refractivity contribution is 6.30. The zero-order valence-electron chi connectivity index (χ0n) is 12.0. The van der Waals surface area contributed by atoms with Gasteiger partial charge in [-0.2, -0.15) is 8.78 Å². The van der Waals surface area contributed by atoms with Gasteiger partial charge in [-0.1, -0.05) is 17.7 Å². The van der Waals surface area contributed by atoms with Crippen molar-refractivity contribution in [3.63, 3.8) is 0 Å². The zero-order valence-corrected chi connectivity index (χ0v) is 12.7. The summed E-state index contributed by atoms with van der Waals surface area (Å²) in [6, 6.07) is 10.5. The molecule has 1 N–H and O–H groups in total. The van der Waals surface area contributed by atoms with Gasteiger partial charge in [0.25, 0.3) is 0 Å². The molecule has 1 amide bonds. The lowest BCUT2D eigenvalue weighted by Gasteiger charge is -2.18. The molecule has 0 bridgehead atoms. The van der Waals surface area contributed by atoms with Crippen LogP contribution in [-0.2, 0) is 4.79 Å². The van der Waals surface area contributed by atoms with E-state index in [1.165, 1.54) is 36.4 Å². The van der Waals surface area contributed by atoms with Crippen LogP contribution in [0, 0.1) is 13.8 Å². The lowest BCUT2D eigenvalue weighted by atomic mass is 10.1. The van der Waals surface area contributed by atoms with E-state index in [2.05, 4.69) is 10.1 Å². The summed E-state index contributed by atoms with van der Waals surface area (Å²) in [5.41, 5.74) is 1.74. The van der Waals surface area contributed by atoms with Gasteiger partial charge in [-0.05, 0) is 61.4 Å². The number of benzene rings is 2. The number of carbonyl (C=O) groups is 1. The largest absolute Gasteiger partial charge is 0.482 e. The van der Waals surface area contributed by atoms with Crippen LogP contribution in [0.25, 0.3) is 0 Å². The number of halogens is 3. The van der Waals surface area contributed by atoms with Crippen molar-refractivity contribution in [2.75, 3.05) is 5.32 Å². The van der Waals surface area contributed by atoms with E-state index in [9.17, 15) is 13.6 Å². The Hall–Kier alpha value is -2.14. The van der Waals surface area contributed by atoms with E-state index in [4.69, 9.17) is 11.6 Å². The van der Waals surface area contributed by atoms with Crippen molar-refractivity contribution in [1.82, 2.24) is 0 Å². The van der Waals surface area contributed by atoms with E-state index >= 15 is 0 Å². The number of hydrogen-bond donors (Lipinski definition) is 1. The monoisotopic (exact) mass is 325 g/mol. The molecule has 0 spiro atoms. The molecule has 0 fully saturated rings. The molecule has 0 aliphatic heterocycles. The number of rotatable bonds is 4.